The third-order valence-corrected chi connectivity index (χ3v) is 3.91. The van der Waals surface area contributed by atoms with E-state index in [0.29, 0.717) is 0 Å². The van der Waals surface area contributed by atoms with Crippen LogP contribution in [0.4, 0.5) is 10.1 Å². The largest absolute Gasteiger partial charge is 0.369 e. The van der Waals surface area contributed by atoms with Crippen LogP contribution in [0.5, 0.6) is 0 Å². The summed E-state index contributed by atoms with van der Waals surface area (Å²) in [6, 6.07) is 5.84. The van der Waals surface area contributed by atoms with Gasteiger partial charge in [-0.2, -0.15) is 0 Å². The Morgan fingerprint density at radius 3 is 2.68 bits per heavy atom. The predicted molar refractivity (Wildman–Crippen MR) is 79.1 cm³/mol. The van der Waals surface area contributed by atoms with Crippen molar-refractivity contribution in [3.63, 3.8) is 0 Å². The third-order valence-electron chi connectivity index (χ3n) is 3.91. The molecule has 0 spiro atoms. The minimum absolute atomic E-state index is 0.0892. The van der Waals surface area contributed by atoms with Crippen LogP contribution in [0.25, 0.3) is 0 Å². The van der Waals surface area contributed by atoms with Crippen molar-refractivity contribution in [2.24, 2.45) is 5.92 Å². The van der Waals surface area contributed by atoms with Crippen molar-refractivity contribution < 1.29 is 4.39 Å². The summed E-state index contributed by atoms with van der Waals surface area (Å²) in [6.45, 7) is 6.14. The van der Waals surface area contributed by atoms with Crippen molar-refractivity contribution in [3.05, 3.63) is 29.6 Å². The number of hydrogen-bond donors (Lipinski definition) is 1. The molecule has 2 rings (SSSR count). The van der Waals surface area contributed by atoms with Crippen molar-refractivity contribution >= 4 is 5.69 Å². The highest BCUT2D eigenvalue weighted by Gasteiger charge is 2.25. The van der Waals surface area contributed by atoms with Gasteiger partial charge in [0.05, 0.1) is 5.69 Å². The quantitative estimate of drug-likeness (QED) is 0.807. The number of hydrogen-bond acceptors (Lipinski definition) is 2. The van der Waals surface area contributed by atoms with Gasteiger partial charge in [-0.25, -0.2) is 4.39 Å². The lowest BCUT2D eigenvalue weighted by Gasteiger charge is -2.25. The Labute approximate surface area is 116 Å². The fourth-order valence-corrected chi connectivity index (χ4v) is 2.41. The molecule has 1 fully saturated rings. The Hall–Kier alpha value is -1.09. The molecule has 1 aromatic rings. The van der Waals surface area contributed by atoms with Crippen molar-refractivity contribution in [3.8, 4) is 0 Å². The van der Waals surface area contributed by atoms with Crippen LogP contribution in [0.3, 0.4) is 0 Å². The summed E-state index contributed by atoms with van der Waals surface area (Å²) in [4.78, 5) is 2.21. The van der Waals surface area contributed by atoms with Crippen LogP contribution in [0, 0.1) is 11.7 Å². The van der Waals surface area contributed by atoms with Crippen LogP contribution in [-0.2, 0) is 0 Å². The van der Waals surface area contributed by atoms with E-state index in [1.807, 2.05) is 26.1 Å². The monoisotopic (exact) mass is 264 g/mol. The van der Waals surface area contributed by atoms with Gasteiger partial charge in [0.1, 0.15) is 5.82 Å². The predicted octanol–water partition coefficient (Wildman–Crippen LogP) is 3.73. The molecule has 1 N–H and O–H groups in total. The Kier molecular flexibility index (Phi) is 4.81. The van der Waals surface area contributed by atoms with E-state index < -0.39 is 0 Å². The lowest BCUT2D eigenvalue weighted by molar-refractivity contribution is 0.595. The number of halogens is 1. The van der Waals surface area contributed by atoms with Gasteiger partial charge in [0.2, 0.25) is 0 Å². The molecule has 1 aliphatic carbocycles. The topological polar surface area (TPSA) is 15.3 Å². The maximum Gasteiger partial charge on any atom is 0.146 e. The maximum absolute atomic E-state index is 14.3. The van der Waals surface area contributed by atoms with Gasteiger partial charge in [0.25, 0.3) is 0 Å². The highest BCUT2D eigenvalue weighted by molar-refractivity contribution is 5.49. The standard InChI is InChI=1S/C16H25FN2/c1-4-9-19(11-13-5-6-13)16-8-7-14(10-15(16)17)12(2)18-3/h7-8,10,12-13,18H,4-6,9,11H2,1-3H3. The lowest BCUT2D eigenvalue weighted by atomic mass is 10.1. The van der Waals surface area contributed by atoms with Crippen molar-refractivity contribution in [1.29, 1.82) is 0 Å². The van der Waals surface area contributed by atoms with Crippen LogP contribution in [0.2, 0.25) is 0 Å². The van der Waals surface area contributed by atoms with E-state index in [0.717, 1.165) is 36.7 Å². The average molecular weight is 264 g/mol. The van der Waals surface area contributed by atoms with Crippen LogP contribution >= 0.6 is 0 Å². The van der Waals surface area contributed by atoms with Crippen LogP contribution in [-0.4, -0.2) is 20.1 Å². The van der Waals surface area contributed by atoms with Gasteiger partial charge in [-0.3, -0.25) is 0 Å². The van der Waals surface area contributed by atoms with Gasteiger partial charge in [-0.05, 0) is 56.8 Å². The zero-order chi connectivity index (χ0) is 13.8. The normalized spacial score (nSPS) is 16.4. The Balaban J connectivity index is 2.16. The summed E-state index contributed by atoms with van der Waals surface area (Å²) in [7, 11) is 1.90. The van der Waals surface area contributed by atoms with E-state index in [4.69, 9.17) is 0 Å². The molecule has 3 heteroatoms. The molecule has 1 atom stereocenters. The molecule has 0 heterocycles. The van der Waals surface area contributed by atoms with E-state index in [1.54, 1.807) is 6.07 Å². The van der Waals surface area contributed by atoms with E-state index >= 15 is 0 Å². The molecule has 19 heavy (non-hydrogen) atoms. The molecule has 0 saturated heterocycles. The zero-order valence-corrected chi connectivity index (χ0v) is 12.2. The van der Waals surface area contributed by atoms with Gasteiger partial charge in [0.15, 0.2) is 0 Å². The second-order valence-corrected chi connectivity index (χ2v) is 5.61. The van der Waals surface area contributed by atoms with Crippen molar-refractivity contribution in [1.82, 2.24) is 5.32 Å². The smallest absolute Gasteiger partial charge is 0.146 e. The molecule has 1 saturated carbocycles. The molecule has 106 valence electrons. The number of nitrogens with one attached hydrogen (secondary N) is 1. The molecule has 1 unspecified atom stereocenters. The highest BCUT2D eigenvalue weighted by atomic mass is 19.1. The molecule has 0 aromatic heterocycles. The van der Waals surface area contributed by atoms with Crippen LogP contribution < -0.4 is 10.2 Å². The number of anilines is 1. The van der Waals surface area contributed by atoms with E-state index in [-0.39, 0.29) is 11.9 Å². The third kappa shape index (κ3) is 3.69. The summed E-state index contributed by atoms with van der Waals surface area (Å²) < 4.78 is 14.3. The van der Waals surface area contributed by atoms with Gasteiger partial charge in [-0.1, -0.05) is 13.0 Å². The summed E-state index contributed by atoms with van der Waals surface area (Å²) in [5.74, 6) is 0.690. The molecule has 1 aromatic carbocycles. The maximum atomic E-state index is 14.3. The first-order valence-electron chi connectivity index (χ1n) is 7.37. The first-order valence-corrected chi connectivity index (χ1v) is 7.37. The Morgan fingerprint density at radius 1 is 1.42 bits per heavy atom. The molecule has 1 aliphatic rings. The highest BCUT2D eigenvalue weighted by Crippen LogP contribution is 2.32. The fourth-order valence-electron chi connectivity index (χ4n) is 2.41. The average Bonchev–Trinajstić information content (AvgIpc) is 3.21. The number of nitrogens with zero attached hydrogens (tertiary/aromatic N) is 1. The lowest BCUT2D eigenvalue weighted by Crippen LogP contribution is -2.27. The first-order chi connectivity index (χ1) is 9.15. The minimum Gasteiger partial charge on any atom is -0.369 e. The summed E-state index contributed by atoms with van der Waals surface area (Å²) in [5.41, 5.74) is 1.77. The van der Waals surface area contributed by atoms with E-state index in [9.17, 15) is 4.39 Å². The molecule has 0 amide bonds. The Morgan fingerprint density at radius 2 is 2.16 bits per heavy atom. The molecule has 0 radical (unpaired) electrons. The molecular formula is C16H25FN2. The van der Waals surface area contributed by atoms with Crippen LogP contribution in [0.15, 0.2) is 18.2 Å². The molecule has 0 aliphatic heterocycles. The van der Waals surface area contributed by atoms with Crippen LogP contribution in [0.1, 0.15) is 44.7 Å². The molecule has 2 nitrogen and oxygen atoms in total. The van der Waals surface area contributed by atoms with Gasteiger partial charge >= 0.3 is 0 Å². The second kappa shape index (κ2) is 6.38. The first kappa shape index (κ1) is 14.3. The SMILES string of the molecule is CCCN(CC1CC1)c1ccc(C(C)NC)cc1F. The van der Waals surface area contributed by atoms with E-state index in [1.165, 1.54) is 12.8 Å². The van der Waals surface area contributed by atoms with Crippen molar-refractivity contribution in [2.75, 3.05) is 25.0 Å². The minimum atomic E-state index is -0.0892. The molecule has 0 bridgehead atoms. The van der Waals surface area contributed by atoms with E-state index in [2.05, 4.69) is 17.1 Å². The summed E-state index contributed by atoms with van der Waals surface area (Å²) >= 11 is 0. The summed E-state index contributed by atoms with van der Waals surface area (Å²) in [5, 5.41) is 3.14. The van der Waals surface area contributed by atoms with Gasteiger partial charge in [-0.15, -0.1) is 0 Å². The van der Waals surface area contributed by atoms with Gasteiger partial charge in [0, 0.05) is 19.1 Å². The fraction of sp³-hybridized carbons (Fsp3) is 0.625. The second-order valence-electron chi connectivity index (χ2n) is 5.61. The number of rotatable bonds is 7. The zero-order valence-electron chi connectivity index (χ0n) is 12.2. The number of benzene rings is 1. The Bertz CT molecular complexity index is 415. The molecular weight excluding hydrogens is 239 g/mol. The van der Waals surface area contributed by atoms with Gasteiger partial charge < -0.3 is 10.2 Å². The van der Waals surface area contributed by atoms with Crippen molar-refractivity contribution in [2.45, 2.75) is 39.2 Å². The summed E-state index contributed by atoms with van der Waals surface area (Å²) in [6.07, 6.45) is 3.66.